The second-order valence-corrected chi connectivity index (χ2v) is 3.67. The molecule has 0 unspecified atom stereocenters. The summed E-state index contributed by atoms with van der Waals surface area (Å²) in [4.78, 5) is 0. The van der Waals surface area contributed by atoms with E-state index in [1.54, 1.807) is 13.8 Å². The first kappa shape index (κ1) is 12.4. The highest BCUT2D eigenvalue weighted by Gasteiger charge is 2.06. The number of aryl methyl sites for hydroxylation is 2. The van der Waals surface area contributed by atoms with E-state index in [4.69, 9.17) is 9.47 Å². The Morgan fingerprint density at radius 1 is 1.31 bits per heavy atom. The molecule has 0 aliphatic rings. The topological polar surface area (TPSA) is 38.7 Å². The van der Waals surface area contributed by atoms with Gasteiger partial charge >= 0.3 is 5.95 Å². The van der Waals surface area contributed by atoms with E-state index in [9.17, 15) is 5.11 Å². The van der Waals surface area contributed by atoms with Crippen molar-refractivity contribution in [1.82, 2.24) is 0 Å². The fourth-order valence-electron chi connectivity index (χ4n) is 1.26. The van der Waals surface area contributed by atoms with Crippen molar-refractivity contribution < 1.29 is 14.6 Å². The molecular weight excluding hydrogens is 204 g/mol. The largest absolute Gasteiger partial charge is 0.479 e. The fraction of sp³-hybridized carbons (Fsp3) is 0.385. The van der Waals surface area contributed by atoms with E-state index in [0.717, 1.165) is 16.9 Å². The minimum absolute atomic E-state index is 0.164. The minimum Gasteiger partial charge on any atom is -0.479 e. The maximum atomic E-state index is 9.47. The van der Waals surface area contributed by atoms with E-state index in [2.05, 4.69) is 0 Å². The molecule has 0 amide bonds. The van der Waals surface area contributed by atoms with Crippen LogP contribution in [0.1, 0.15) is 25.0 Å². The van der Waals surface area contributed by atoms with Crippen molar-refractivity contribution in [2.45, 2.75) is 27.7 Å². The van der Waals surface area contributed by atoms with Gasteiger partial charge in [0.05, 0.1) is 6.61 Å². The van der Waals surface area contributed by atoms with E-state index < -0.39 is 0 Å². The molecule has 1 N–H and O–H groups in total. The molecule has 0 aliphatic carbocycles. The Bertz CT molecular complexity index is 394. The zero-order chi connectivity index (χ0) is 12.1. The van der Waals surface area contributed by atoms with Crippen LogP contribution >= 0.6 is 0 Å². The van der Waals surface area contributed by atoms with Gasteiger partial charge < -0.3 is 14.6 Å². The van der Waals surface area contributed by atoms with Gasteiger partial charge in [0, 0.05) is 6.92 Å². The Kier molecular flexibility index (Phi) is 4.23. The molecule has 0 heterocycles. The molecule has 0 spiro atoms. The van der Waals surface area contributed by atoms with E-state index in [1.165, 1.54) is 0 Å². The first-order valence-electron chi connectivity index (χ1n) is 5.32. The van der Waals surface area contributed by atoms with Gasteiger partial charge in [0.25, 0.3) is 0 Å². The highest BCUT2D eigenvalue weighted by atomic mass is 16.6. The lowest BCUT2D eigenvalue weighted by Crippen LogP contribution is -2.01. The smallest absolute Gasteiger partial charge is 0.316 e. The third-order valence-corrected chi connectivity index (χ3v) is 2.19. The number of aliphatic hydroxyl groups excluding tert-OH is 1. The minimum atomic E-state index is -0.164. The van der Waals surface area contributed by atoms with Crippen molar-refractivity contribution >= 4 is 0 Å². The summed E-state index contributed by atoms with van der Waals surface area (Å²) in [6.07, 6.45) is 0. The van der Waals surface area contributed by atoms with Crippen LogP contribution < -0.4 is 4.74 Å². The average Bonchev–Trinajstić information content (AvgIpc) is 2.23. The molecule has 1 aromatic rings. The fourth-order valence-corrected chi connectivity index (χ4v) is 1.26. The summed E-state index contributed by atoms with van der Waals surface area (Å²) in [6.45, 7) is 7.85. The number of allylic oxidation sites excluding steroid dienone is 1. The molecule has 3 nitrogen and oxygen atoms in total. The Labute approximate surface area is 96.3 Å². The predicted molar refractivity (Wildman–Crippen MR) is 63.5 cm³/mol. The maximum Gasteiger partial charge on any atom is 0.316 e. The maximum absolute atomic E-state index is 9.47. The van der Waals surface area contributed by atoms with E-state index in [-0.39, 0.29) is 5.95 Å². The van der Waals surface area contributed by atoms with E-state index in [0.29, 0.717) is 12.4 Å². The van der Waals surface area contributed by atoms with E-state index in [1.807, 2.05) is 32.0 Å². The van der Waals surface area contributed by atoms with Crippen molar-refractivity contribution in [3.8, 4) is 5.75 Å². The van der Waals surface area contributed by atoms with Gasteiger partial charge in [-0.1, -0.05) is 12.1 Å². The molecule has 1 aromatic carbocycles. The summed E-state index contributed by atoms with van der Waals surface area (Å²) in [5.41, 5.74) is 2.14. The zero-order valence-corrected chi connectivity index (χ0v) is 10.2. The first-order chi connectivity index (χ1) is 7.54. The van der Waals surface area contributed by atoms with Crippen molar-refractivity contribution in [2.24, 2.45) is 0 Å². The van der Waals surface area contributed by atoms with Gasteiger partial charge in [0.15, 0.2) is 5.76 Å². The summed E-state index contributed by atoms with van der Waals surface area (Å²) in [5, 5.41) is 9.47. The van der Waals surface area contributed by atoms with Crippen molar-refractivity contribution in [3.63, 3.8) is 0 Å². The highest BCUT2D eigenvalue weighted by Crippen LogP contribution is 2.22. The van der Waals surface area contributed by atoms with Crippen LogP contribution in [0.5, 0.6) is 5.75 Å². The van der Waals surface area contributed by atoms with Gasteiger partial charge in [-0.2, -0.15) is 0 Å². The summed E-state index contributed by atoms with van der Waals surface area (Å²) < 4.78 is 10.5. The lowest BCUT2D eigenvalue weighted by molar-refractivity contribution is 0.0848. The number of rotatable bonds is 4. The van der Waals surface area contributed by atoms with Crippen LogP contribution in [0.2, 0.25) is 0 Å². The van der Waals surface area contributed by atoms with E-state index >= 15 is 0 Å². The molecule has 0 aliphatic heterocycles. The van der Waals surface area contributed by atoms with Gasteiger partial charge in [0.2, 0.25) is 0 Å². The SMILES string of the molecule is CCOC(O)=C(C)Oc1cc(C)ccc1C. The van der Waals surface area contributed by atoms with Crippen LogP contribution in [0.4, 0.5) is 0 Å². The summed E-state index contributed by atoms with van der Waals surface area (Å²) in [7, 11) is 0. The van der Waals surface area contributed by atoms with Crippen LogP contribution in [0.25, 0.3) is 0 Å². The number of hydrogen-bond donors (Lipinski definition) is 1. The van der Waals surface area contributed by atoms with Crippen LogP contribution in [0.15, 0.2) is 29.9 Å². The van der Waals surface area contributed by atoms with Gasteiger partial charge in [-0.15, -0.1) is 0 Å². The second kappa shape index (κ2) is 5.45. The Morgan fingerprint density at radius 3 is 2.62 bits per heavy atom. The molecule has 3 heteroatoms. The third-order valence-electron chi connectivity index (χ3n) is 2.19. The summed E-state index contributed by atoms with van der Waals surface area (Å²) in [6, 6.07) is 5.93. The third kappa shape index (κ3) is 3.19. The van der Waals surface area contributed by atoms with Crippen LogP contribution in [0, 0.1) is 13.8 Å². The number of ether oxygens (including phenoxy) is 2. The average molecular weight is 222 g/mol. The molecule has 0 bridgehead atoms. The highest BCUT2D eigenvalue weighted by molar-refractivity contribution is 5.37. The molecule has 88 valence electrons. The van der Waals surface area contributed by atoms with Crippen LogP contribution in [-0.4, -0.2) is 11.7 Å². The molecule has 0 atom stereocenters. The monoisotopic (exact) mass is 222 g/mol. The molecule has 16 heavy (non-hydrogen) atoms. The van der Waals surface area contributed by atoms with Crippen molar-refractivity contribution in [3.05, 3.63) is 41.0 Å². The zero-order valence-electron chi connectivity index (χ0n) is 10.2. The Morgan fingerprint density at radius 2 is 2.00 bits per heavy atom. The van der Waals surface area contributed by atoms with Gasteiger partial charge in [-0.05, 0) is 38.0 Å². The Balaban J connectivity index is 2.87. The van der Waals surface area contributed by atoms with Crippen LogP contribution in [0.3, 0.4) is 0 Å². The number of aliphatic hydroxyl groups is 1. The molecule has 0 saturated carbocycles. The molecular formula is C13H18O3. The van der Waals surface area contributed by atoms with Gasteiger partial charge in [0.1, 0.15) is 5.75 Å². The van der Waals surface area contributed by atoms with Crippen molar-refractivity contribution in [1.29, 1.82) is 0 Å². The standard InChI is InChI=1S/C13H18O3/c1-5-15-13(14)11(4)16-12-8-9(2)6-7-10(12)3/h6-8,14H,5H2,1-4H3. The number of hydrogen-bond acceptors (Lipinski definition) is 3. The molecule has 0 saturated heterocycles. The molecule has 0 fully saturated rings. The Hall–Kier alpha value is -1.64. The summed E-state index contributed by atoms with van der Waals surface area (Å²) >= 11 is 0. The second-order valence-electron chi connectivity index (χ2n) is 3.67. The lowest BCUT2D eigenvalue weighted by Gasteiger charge is -2.11. The first-order valence-corrected chi connectivity index (χ1v) is 5.32. The van der Waals surface area contributed by atoms with Gasteiger partial charge in [-0.3, -0.25) is 0 Å². The predicted octanol–water partition coefficient (Wildman–Crippen LogP) is 3.47. The van der Waals surface area contributed by atoms with Gasteiger partial charge in [-0.25, -0.2) is 0 Å². The molecule has 0 aromatic heterocycles. The lowest BCUT2D eigenvalue weighted by atomic mass is 10.1. The number of benzene rings is 1. The van der Waals surface area contributed by atoms with Crippen molar-refractivity contribution in [2.75, 3.05) is 6.61 Å². The quantitative estimate of drug-likeness (QED) is 0.793. The molecule has 1 rings (SSSR count). The normalized spacial score (nSPS) is 12.0. The summed E-state index contributed by atoms with van der Waals surface area (Å²) in [5.74, 6) is 0.947. The van der Waals surface area contributed by atoms with Crippen LogP contribution in [-0.2, 0) is 4.74 Å². The molecule has 0 radical (unpaired) electrons.